The molecule has 2 aromatic rings. The van der Waals surface area contributed by atoms with E-state index in [4.69, 9.17) is 0 Å². The first kappa shape index (κ1) is 17.9. The fourth-order valence-corrected chi connectivity index (χ4v) is 3.00. The molecule has 1 aliphatic heterocycles. The van der Waals surface area contributed by atoms with Gasteiger partial charge in [-0.15, -0.1) is 0 Å². The van der Waals surface area contributed by atoms with E-state index in [1.807, 2.05) is 49.4 Å². The van der Waals surface area contributed by atoms with Crippen LogP contribution in [0.2, 0.25) is 0 Å². The predicted molar refractivity (Wildman–Crippen MR) is 109 cm³/mol. The van der Waals surface area contributed by atoms with Gasteiger partial charge in [-0.25, -0.2) is 0 Å². The van der Waals surface area contributed by atoms with Crippen LogP contribution >= 0.6 is 0 Å². The smallest absolute Gasteiger partial charge is 0.261 e. The fraction of sp³-hybridized carbons (Fsp3) is 0.286. The highest BCUT2D eigenvalue weighted by Gasteiger charge is 2.33. The van der Waals surface area contributed by atoms with Crippen molar-refractivity contribution in [3.05, 3.63) is 54.6 Å². The van der Waals surface area contributed by atoms with Crippen molar-refractivity contribution in [2.24, 2.45) is 16.0 Å². The van der Waals surface area contributed by atoms with E-state index < -0.39 is 5.92 Å². The highest BCUT2D eigenvalue weighted by molar-refractivity contribution is 6.23. The third-order valence-electron chi connectivity index (χ3n) is 4.53. The molecule has 0 saturated carbocycles. The van der Waals surface area contributed by atoms with E-state index in [2.05, 4.69) is 41.0 Å². The van der Waals surface area contributed by atoms with Gasteiger partial charge in [0.1, 0.15) is 5.92 Å². The van der Waals surface area contributed by atoms with Crippen molar-refractivity contribution >= 4 is 34.9 Å². The van der Waals surface area contributed by atoms with Crippen LogP contribution in [-0.2, 0) is 4.79 Å². The maximum atomic E-state index is 12.7. The average molecular weight is 348 g/mol. The number of anilines is 2. The summed E-state index contributed by atoms with van der Waals surface area (Å²) in [5.74, 6) is -0.491. The number of hydrogen-bond donors (Lipinski definition) is 0. The Morgan fingerprint density at radius 3 is 2.35 bits per heavy atom. The van der Waals surface area contributed by atoms with E-state index >= 15 is 0 Å². The van der Waals surface area contributed by atoms with Crippen molar-refractivity contribution < 1.29 is 4.79 Å². The van der Waals surface area contributed by atoms with Crippen LogP contribution in [0.4, 0.5) is 17.1 Å². The molecule has 2 aromatic carbocycles. The molecule has 0 radical (unpaired) electrons. The zero-order valence-electron chi connectivity index (χ0n) is 15.5. The van der Waals surface area contributed by atoms with Gasteiger partial charge >= 0.3 is 0 Å². The topological polar surface area (TPSA) is 48.3 Å². The van der Waals surface area contributed by atoms with Crippen molar-refractivity contribution in [1.82, 2.24) is 0 Å². The normalized spacial score (nSPS) is 17.0. The van der Waals surface area contributed by atoms with Crippen LogP contribution in [0.25, 0.3) is 0 Å². The van der Waals surface area contributed by atoms with E-state index in [1.54, 1.807) is 6.21 Å². The maximum Gasteiger partial charge on any atom is 0.261 e. The Kier molecular flexibility index (Phi) is 5.46. The second kappa shape index (κ2) is 7.95. The molecule has 1 amide bonds. The minimum atomic E-state index is -0.419. The molecule has 26 heavy (non-hydrogen) atoms. The van der Waals surface area contributed by atoms with Crippen LogP contribution in [0.15, 0.2) is 64.7 Å². The Morgan fingerprint density at radius 2 is 1.73 bits per heavy atom. The van der Waals surface area contributed by atoms with Gasteiger partial charge in [-0.1, -0.05) is 18.2 Å². The summed E-state index contributed by atoms with van der Waals surface area (Å²) in [6.45, 7) is 8.09. The van der Waals surface area contributed by atoms with Gasteiger partial charge in [0.05, 0.1) is 17.1 Å². The van der Waals surface area contributed by atoms with Crippen LogP contribution in [0, 0.1) is 5.92 Å². The third-order valence-corrected chi connectivity index (χ3v) is 4.53. The van der Waals surface area contributed by atoms with Crippen LogP contribution in [0.5, 0.6) is 0 Å². The first-order valence-electron chi connectivity index (χ1n) is 8.97. The first-order valence-corrected chi connectivity index (χ1v) is 8.97. The lowest BCUT2D eigenvalue weighted by molar-refractivity contribution is -0.118. The summed E-state index contributed by atoms with van der Waals surface area (Å²) in [5.41, 5.74) is 3.54. The summed E-state index contributed by atoms with van der Waals surface area (Å²) >= 11 is 0. The zero-order chi connectivity index (χ0) is 18.5. The SMILES string of the molecule is CCN(CC)c1ccc(N=C[C@H]2C(=O)N(c3ccccc3)N=C2C)cc1. The largest absolute Gasteiger partial charge is 0.372 e. The van der Waals surface area contributed by atoms with Crippen LogP contribution in [-0.4, -0.2) is 30.9 Å². The van der Waals surface area contributed by atoms with Crippen molar-refractivity contribution in [2.45, 2.75) is 20.8 Å². The molecule has 0 N–H and O–H groups in total. The molecule has 5 heteroatoms. The quantitative estimate of drug-likeness (QED) is 0.732. The molecule has 1 atom stereocenters. The predicted octanol–water partition coefficient (Wildman–Crippen LogP) is 4.27. The number of benzene rings is 2. The molecular weight excluding hydrogens is 324 g/mol. The lowest BCUT2D eigenvalue weighted by Crippen LogP contribution is -2.27. The molecule has 1 aliphatic rings. The number of para-hydroxylation sites is 1. The van der Waals surface area contributed by atoms with Gasteiger partial charge in [0.15, 0.2) is 0 Å². The Balaban J connectivity index is 1.73. The molecule has 0 bridgehead atoms. The van der Waals surface area contributed by atoms with Gasteiger partial charge in [0, 0.05) is 25.0 Å². The second-order valence-electron chi connectivity index (χ2n) is 6.17. The van der Waals surface area contributed by atoms with E-state index in [1.165, 1.54) is 10.7 Å². The average Bonchev–Trinajstić information content (AvgIpc) is 2.97. The number of amides is 1. The number of hydrogen-bond acceptors (Lipinski definition) is 4. The van der Waals surface area contributed by atoms with Gasteiger partial charge in [-0.2, -0.15) is 10.1 Å². The zero-order valence-corrected chi connectivity index (χ0v) is 15.5. The molecule has 0 aromatic heterocycles. The number of rotatable bonds is 6. The third kappa shape index (κ3) is 3.67. The molecule has 134 valence electrons. The maximum absolute atomic E-state index is 12.7. The molecule has 0 fully saturated rings. The summed E-state index contributed by atoms with van der Waals surface area (Å²) in [4.78, 5) is 19.4. The summed E-state index contributed by atoms with van der Waals surface area (Å²) in [6, 6.07) is 17.5. The molecule has 3 rings (SSSR count). The van der Waals surface area contributed by atoms with Crippen LogP contribution in [0.3, 0.4) is 0 Å². The highest BCUT2D eigenvalue weighted by Crippen LogP contribution is 2.24. The van der Waals surface area contributed by atoms with Gasteiger partial charge in [-0.3, -0.25) is 9.79 Å². The number of aliphatic imine (C=N–C) groups is 1. The Morgan fingerprint density at radius 1 is 1.08 bits per heavy atom. The van der Waals surface area contributed by atoms with E-state index in [0.717, 1.165) is 30.2 Å². The number of carbonyl (C=O) groups is 1. The summed E-state index contributed by atoms with van der Waals surface area (Å²) in [6.07, 6.45) is 1.69. The Labute approximate surface area is 154 Å². The van der Waals surface area contributed by atoms with Crippen LogP contribution in [0.1, 0.15) is 20.8 Å². The van der Waals surface area contributed by atoms with Gasteiger partial charge in [-0.05, 0) is 57.2 Å². The first-order chi connectivity index (χ1) is 12.6. The highest BCUT2D eigenvalue weighted by atomic mass is 16.2. The number of carbonyl (C=O) groups excluding carboxylic acids is 1. The van der Waals surface area contributed by atoms with Crippen molar-refractivity contribution in [2.75, 3.05) is 23.0 Å². The summed E-state index contributed by atoms with van der Waals surface area (Å²) in [5, 5.41) is 5.85. The Bertz CT molecular complexity index is 808. The van der Waals surface area contributed by atoms with E-state index in [0.29, 0.717) is 0 Å². The van der Waals surface area contributed by atoms with Crippen molar-refractivity contribution in [3.8, 4) is 0 Å². The lowest BCUT2D eigenvalue weighted by Gasteiger charge is -2.20. The van der Waals surface area contributed by atoms with E-state index in [-0.39, 0.29) is 5.91 Å². The molecule has 0 unspecified atom stereocenters. The molecule has 0 aliphatic carbocycles. The van der Waals surface area contributed by atoms with Crippen molar-refractivity contribution in [3.63, 3.8) is 0 Å². The molecule has 5 nitrogen and oxygen atoms in total. The van der Waals surface area contributed by atoms with Gasteiger partial charge < -0.3 is 4.90 Å². The van der Waals surface area contributed by atoms with Gasteiger partial charge in [0.2, 0.25) is 0 Å². The number of hydrazone groups is 1. The molecular formula is C21H24N4O. The minimum absolute atomic E-state index is 0.0720. The van der Waals surface area contributed by atoms with Crippen LogP contribution < -0.4 is 9.91 Å². The molecule has 1 heterocycles. The Hall–Kier alpha value is -2.95. The standard InChI is InChI=1S/C21H24N4O/c1-4-24(5-2)18-13-11-17(12-14-18)22-15-20-16(3)23-25(21(20)26)19-9-7-6-8-10-19/h6-15,20H,4-5H2,1-3H3/t20-/m1/s1. The lowest BCUT2D eigenvalue weighted by atomic mass is 10.1. The minimum Gasteiger partial charge on any atom is -0.372 e. The second-order valence-corrected chi connectivity index (χ2v) is 6.17. The summed E-state index contributed by atoms with van der Waals surface area (Å²) in [7, 11) is 0. The molecule has 0 spiro atoms. The monoisotopic (exact) mass is 348 g/mol. The van der Waals surface area contributed by atoms with E-state index in [9.17, 15) is 4.79 Å². The number of nitrogens with zero attached hydrogens (tertiary/aromatic N) is 4. The molecule has 0 saturated heterocycles. The van der Waals surface area contributed by atoms with Gasteiger partial charge in [0.25, 0.3) is 5.91 Å². The summed E-state index contributed by atoms with van der Waals surface area (Å²) < 4.78 is 0. The van der Waals surface area contributed by atoms with Crippen molar-refractivity contribution in [1.29, 1.82) is 0 Å². The fourth-order valence-electron chi connectivity index (χ4n) is 3.00.